The zero-order chi connectivity index (χ0) is 12.3. The van der Waals surface area contributed by atoms with Gasteiger partial charge in [0.2, 0.25) is 5.91 Å². The van der Waals surface area contributed by atoms with Gasteiger partial charge in [-0.25, -0.2) is 4.39 Å². The summed E-state index contributed by atoms with van der Waals surface area (Å²) in [6, 6.07) is 6.35. The molecule has 1 N–H and O–H groups in total. The molecular formula is C13H17FN2O. The van der Waals surface area contributed by atoms with E-state index in [-0.39, 0.29) is 17.8 Å². The molecule has 1 saturated heterocycles. The lowest BCUT2D eigenvalue weighted by atomic mass is 10.1. The lowest BCUT2D eigenvalue weighted by Gasteiger charge is -2.34. The van der Waals surface area contributed by atoms with Crippen molar-refractivity contribution in [1.29, 1.82) is 0 Å². The average Bonchev–Trinajstić information content (AvgIpc) is 2.32. The first kappa shape index (κ1) is 12.0. The van der Waals surface area contributed by atoms with Gasteiger partial charge in [0.1, 0.15) is 5.82 Å². The van der Waals surface area contributed by atoms with Crippen LogP contribution in [0.4, 0.5) is 4.39 Å². The molecule has 1 aromatic carbocycles. The monoisotopic (exact) mass is 236 g/mol. The molecule has 1 aromatic rings. The fourth-order valence-corrected chi connectivity index (χ4v) is 2.09. The summed E-state index contributed by atoms with van der Waals surface area (Å²) in [6.07, 6.45) is 0.352. The molecule has 0 spiro atoms. The van der Waals surface area contributed by atoms with Gasteiger partial charge in [-0.3, -0.25) is 4.79 Å². The van der Waals surface area contributed by atoms with Gasteiger partial charge in [-0.15, -0.1) is 0 Å². The molecule has 1 amide bonds. The maximum Gasteiger partial charge on any atom is 0.227 e. The van der Waals surface area contributed by atoms with Gasteiger partial charge < -0.3 is 10.2 Å². The van der Waals surface area contributed by atoms with E-state index in [1.165, 1.54) is 12.1 Å². The number of nitrogens with one attached hydrogen (secondary N) is 1. The van der Waals surface area contributed by atoms with Gasteiger partial charge in [0.05, 0.1) is 6.42 Å². The second kappa shape index (κ2) is 5.27. The van der Waals surface area contributed by atoms with Crippen LogP contribution in [0.25, 0.3) is 0 Å². The van der Waals surface area contributed by atoms with E-state index in [9.17, 15) is 9.18 Å². The van der Waals surface area contributed by atoms with Crippen molar-refractivity contribution in [2.75, 3.05) is 19.6 Å². The van der Waals surface area contributed by atoms with E-state index in [1.807, 2.05) is 11.8 Å². The first-order valence-electron chi connectivity index (χ1n) is 5.91. The summed E-state index contributed by atoms with van der Waals surface area (Å²) in [5.74, 6) is -0.151. The van der Waals surface area contributed by atoms with Crippen molar-refractivity contribution in [2.45, 2.75) is 19.4 Å². The number of nitrogens with zero attached hydrogens (tertiary/aromatic N) is 1. The van der Waals surface area contributed by atoms with Crippen LogP contribution in [-0.2, 0) is 11.2 Å². The van der Waals surface area contributed by atoms with Crippen LogP contribution >= 0.6 is 0 Å². The summed E-state index contributed by atoms with van der Waals surface area (Å²) < 4.78 is 12.7. The van der Waals surface area contributed by atoms with E-state index >= 15 is 0 Å². The van der Waals surface area contributed by atoms with Crippen molar-refractivity contribution in [2.24, 2.45) is 0 Å². The lowest BCUT2D eigenvalue weighted by molar-refractivity contribution is -0.133. The first-order chi connectivity index (χ1) is 8.16. The summed E-state index contributed by atoms with van der Waals surface area (Å²) in [4.78, 5) is 14.0. The third-order valence-electron chi connectivity index (χ3n) is 3.09. The van der Waals surface area contributed by atoms with Crippen molar-refractivity contribution in [1.82, 2.24) is 10.2 Å². The number of benzene rings is 1. The summed E-state index contributed by atoms with van der Waals surface area (Å²) >= 11 is 0. The predicted octanol–water partition coefficient (Wildman–Crippen LogP) is 1.19. The molecule has 0 bridgehead atoms. The normalized spacial score (nSPS) is 20.4. The van der Waals surface area contributed by atoms with E-state index in [2.05, 4.69) is 5.32 Å². The Kier molecular flexibility index (Phi) is 3.74. The lowest BCUT2D eigenvalue weighted by Crippen LogP contribution is -2.52. The van der Waals surface area contributed by atoms with Crippen LogP contribution in [0.15, 0.2) is 24.3 Å². The van der Waals surface area contributed by atoms with Crippen molar-refractivity contribution < 1.29 is 9.18 Å². The van der Waals surface area contributed by atoms with Gasteiger partial charge >= 0.3 is 0 Å². The van der Waals surface area contributed by atoms with Gasteiger partial charge in [-0.05, 0) is 24.6 Å². The Bertz CT molecular complexity index is 391. The van der Waals surface area contributed by atoms with Crippen LogP contribution in [-0.4, -0.2) is 36.5 Å². The molecular weight excluding hydrogens is 219 g/mol. The fraction of sp³-hybridized carbons (Fsp3) is 0.462. The number of carbonyl (C=O) groups is 1. The maximum absolute atomic E-state index is 12.7. The van der Waals surface area contributed by atoms with Crippen LogP contribution in [0.5, 0.6) is 0 Å². The number of piperazine rings is 1. The van der Waals surface area contributed by atoms with E-state index in [1.54, 1.807) is 12.1 Å². The molecule has 0 aromatic heterocycles. The Hall–Kier alpha value is -1.42. The number of halogens is 1. The minimum atomic E-state index is -0.267. The minimum absolute atomic E-state index is 0.116. The molecule has 0 saturated carbocycles. The molecule has 0 radical (unpaired) electrons. The van der Waals surface area contributed by atoms with Gasteiger partial charge in [0.15, 0.2) is 0 Å². The maximum atomic E-state index is 12.7. The Morgan fingerprint density at radius 1 is 1.47 bits per heavy atom. The Morgan fingerprint density at radius 3 is 2.82 bits per heavy atom. The molecule has 1 fully saturated rings. The molecule has 2 rings (SSSR count). The number of hydrogen-bond donors (Lipinski definition) is 1. The molecule has 92 valence electrons. The van der Waals surface area contributed by atoms with Gasteiger partial charge in [0, 0.05) is 25.7 Å². The van der Waals surface area contributed by atoms with E-state index in [4.69, 9.17) is 0 Å². The third-order valence-corrected chi connectivity index (χ3v) is 3.09. The summed E-state index contributed by atoms with van der Waals surface area (Å²) in [7, 11) is 0. The second-order valence-corrected chi connectivity index (χ2v) is 4.44. The summed E-state index contributed by atoms with van der Waals surface area (Å²) in [6.45, 7) is 4.48. The Balaban J connectivity index is 1.98. The Morgan fingerprint density at radius 2 is 2.18 bits per heavy atom. The molecule has 3 nitrogen and oxygen atoms in total. The molecule has 1 aliphatic rings. The summed E-state index contributed by atoms with van der Waals surface area (Å²) in [5, 5.41) is 3.25. The molecule has 1 heterocycles. The van der Waals surface area contributed by atoms with Crippen molar-refractivity contribution in [3.05, 3.63) is 35.6 Å². The topological polar surface area (TPSA) is 32.3 Å². The van der Waals surface area contributed by atoms with Gasteiger partial charge in [-0.1, -0.05) is 12.1 Å². The predicted molar refractivity (Wildman–Crippen MR) is 64.1 cm³/mol. The van der Waals surface area contributed by atoms with Crippen LogP contribution in [0.1, 0.15) is 12.5 Å². The average molecular weight is 236 g/mol. The quantitative estimate of drug-likeness (QED) is 0.836. The highest BCUT2D eigenvalue weighted by Crippen LogP contribution is 2.09. The van der Waals surface area contributed by atoms with Crippen LogP contribution in [0.3, 0.4) is 0 Å². The van der Waals surface area contributed by atoms with Crippen LogP contribution < -0.4 is 5.32 Å². The van der Waals surface area contributed by atoms with Crippen LogP contribution in [0.2, 0.25) is 0 Å². The summed E-state index contributed by atoms with van der Waals surface area (Å²) in [5.41, 5.74) is 0.863. The van der Waals surface area contributed by atoms with Gasteiger partial charge in [0.25, 0.3) is 0 Å². The molecule has 17 heavy (non-hydrogen) atoms. The molecule has 4 heteroatoms. The number of rotatable bonds is 2. The van der Waals surface area contributed by atoms with E-state index < -0.39 is 0 Å². The molecule has 1 atom stereocenters. The third kappa shape index (κ3) is 3.03. The van der Waals surface area contributed by atoms with Crippen molar-refractivity contribution in [3.8, 4) is 0 Å². The molecule has 0 aliphatic carbocycles. The molecule has 0 unspecified atom stereocenters. The Labute approximate surface area is 101 Å². The first-order valence-corrected chi connectivity index (χ1v) is 5.91. The largest absolute Gasteiger partial charge is 0.337 e. The van der Waals surface area contributed by atoms with Crippen molar-refractivity contribution >= 4 is 5.91 Å². The van der Waals surface area contributed by atoms with E-state index in [0.29, 0.717) is 6.42 Å². The highest BCUT2D eigenvalue weighted by atomic mass is 19.1. The second-order valence-electron chi connectivity index (χ2n) is 4.44. The van der Waals surface area contributed by atoms with Crippen molar-refractivity contribution in [3.63, 3.8) is 0 Å². The highest BCUT2D eigenvalue weighted by Gasteiger charge is 2.22. The number of hydrogen-bond acceptors (Lipinski definition) is 2. The zero-order valence-corrected chi connectivity index (χ0v) is 9.95. The zero-order valence-electron chi connectivity index (χ0n) is 9.95. The van der Waals surface area contributed by atoms with Crippen LogP contribution in [0, 0.1) is 5.82 Å². The number of carbonyl (C=O) groups excluding carboxylic acids is 1. The molecule has 1 aliphatic heterocycles. The fourth-order valence-electron chi connectivity index (χ4n) is 2.09. The number of amides is 1. The standard InChI is InChI=1S/C13H17FN2O/c1-10-9-15-6-7-16(10)13(17)8-11-2-4-12(14)5-3-11/h2-5,10,15H,6-9H2,1H3/t10-/m0/s1. The smallest absolute Gasteiger partial charge is 0.227 e. The minimum Gasteiger partial charge on any atom is -0.337 e. The SMILES string of the molecule is C[C@H]1CNCCN1C(=O)Cc1ccc(F)cc1. The highest BCUT2D eigenvalue weighted by molar-refractivity contribution is 5.79. The van der Waals surface area contributed by atoms with E-state index in [0.717, 1.165) is 25.2 Å². The van der Waals surface area contributed by atoms with Gasteiger partial charge in [-0.2, -0.15) is 0 Å².